The molecule has 0 atom stereocenters. The van der Waals surface area contributed by atoms with Gasteiger partial charge in [0.1, 0.15) is 5.65 Å². The molecule has 4 heterocycles. The molecule has 8 heteroatoms. The van der Waals surface area contributed by atoms with E-state index in [9.17, 15) is 9.59 Å². The summed E-state index contributed by atoms with van der Waals surface area (Å²) in [5, 5.41) is 3.42. The summed E-state index contributed by atoms with van der Waals surface area (Å²) >= 11 is 0. The van der Waals surface area contributed by atoms with Crippen LogP contribution in [0.3, 0.4) is 0 Å². The molecule has 8 nitrogen and oxygen atoms in total. The fraction of sp³-hybridized carbons (Fsp3) is 0.571. The summed E-state index contributed by atoms with van der Waals surface area (Å²) in [6.45, 7) is 7.08. The zero-order valence-electron chi connectivity index (χ0n) is 17.0. The fourth-order valence-corrected chi connectivity index (χ4v) is 4.03. The number of carbonyl (C=O) groups excluding carboxylic acids is 2. The summed E-state index contributed by atoms with van der Waals surface area (Å²) in [5.74, 6) is 0.200. The first kappa shape index (κ1) is 19.8. The Morgan fingerprint density at radius 1 is 1.24 bits per heavy atom. The van der Waals surface area contributed by atoms with E-state index in [-0.39, 0.29) is 11.8 Å². The molecule has 0 radical (unpaired) electrons. The van der Waals surface area contributed by atoms with Crippen molar-refractivity contribution in [2.75, 3.05) is 45.9 Å². The van der Waals surface area contributed by atoms with Gasteiger partial charge in [0.25, 0.3) is 5.91 Å². The number of fused-ring (bicyclic) bond motifs is 1. The minimum Gasteiger partial charge on any atom is -0.378 e. The minimum absolute atomic E-state index is 0.0422. The highest BCUT2D eigenvalue weighted by molar-refractivity contribution is 5.94. The molecule has 0 aliphatic carbocycles. The molecule has 2 aromatic heterocycles. The van der Waals surface area contributed by atoms with Crippen molar-refractivity contribution in [3.63, 3.8) is 0 Å². The number of hydrogen-bond donors (Lipinski definition) is 1. The van der Waals surface area contributed by atoms with Crippen LogP contribution >= 0.6 is 0 Å². The molecule has 29 heavy (non-hydrogen) atoms. The van der Waals surface area contributed by atoms with E-state index in [0.29, 0.717) is 58.1 Å². The number of nitrogens with one attached hydrogen (secondary N) is 1. The lowest BCUT2D eigenvalue weighted by Gasteiger charge is -2.27. The Kier molecular flexibility index (Phi) is 6.10. The van der Waals surface area contributed by atoms with Crippen molar-refractivity contribution in [1.29, 1.82) is 0 Å². The van der Waals surface area contributed by atoms with Gasteiger partial charge in [-0.1, -0.05) is 6.07 Å². The molecular weight excluding hydrogens is 370 g/mol. The van der Waals surface area contributed by atoms with Crippen LogP contribution in [0, 0.1) is 6.92 Å². The van der Waals surface area contributed by atoms with E-state index in [1.54, 1.807) is 0 Å². The summed E-state index contributed by atoms with van der Waals surface area (Å²) in [6.07, 6.45) is 4.69. The monoisotopic (exact) mass is 399 g/mol. The molecule has 2 aliphatic heterocycles. The topological polar surface area (TPSA) is 79.2 Å². The molecule has 2 saturated heterocycles. The van der Waals surface area contributed by atoms with Crippen molar-refractivity contribution in [2.24, 2.45) is 0 Å². The number of morpholine rings is 1. The predicted molar refractivity (Wildman–Crippen MR) is 109 cm³/mol. The van der Waals surface area contributed by atoms with Crippen LogP contribution in [0.4, 0.5) is 0 Å². The highest BCUT2D eigenvalue weighted by Gasteiger charge is 2.25. The SMILES string of the molecule is Cc1cccn2c(CNCCN3CCCCC3=O)c(C(=O)N3CCOCC3)nc12. The van der Waals surface area contributed by atoms with Gasteiger partial charge in [-0.3, -0.25) is 9.59 Å². The van der Waals surface area contributed by atoms with Crippen LogP contribution in [0.5, 0.6) is 0 Å². The van der Waals surface area contributed by atoms with E-state index in [1.165, 1.54) is 0 Å². The van der Waals surface area contributed by atoms with Gasteiger partial charge >= 0.3 is 0 Å². The number of carbonyl (C=O) groups is 2. The first-order valence-electron chi connectivity index (χ1n) is 10.5. The number of piperidine rings is 1. The lowest BCUT2D eigenvalue weighted by atomic mass is 10.1. The molecule has 4 rings (SSSR count). The molecule has 2 aliphatic rings. The smallest absolute Gasteiger partial charge is 0.274 e. The molecule has 156 valence electrons. The maximum Gasteiger partial charge on any atom is 0.274 e. The number of aryl methyl sites for hydroxylation is 1. The average molecular weight is 399 g/mol. The van der Waals surface area contributed by atoms with Crippen LogP contribution in [-0.2, 0) is 16.1 Å². The number of hydrogen-bond acceptors (Lipinski definition) is 5. The van der Waals surface area contributed by atoms with E-state index in [4.69, 9.17) is 9.72 Å². The maximum absolute atomic E-state index is 13.1. The van der Waals surface area contributed by atoms with Gasteiger partial charge in [0, 0.05) is 51.9 Å². The molecule has 0 bridgehead atoms. The zero-order chi connectivity index (χ0) is 20.2. The Hall–Kier alpha value is -2.45. The fourth-order valence-electron chi connectivity index (χ4n) is 4.03. The number of ether oxygens (including phenoxy) is 1. The van der Waals surface area contributed by atoms with E-state index >= 15 is 0 Å². The second-order valence-corrected chi connectivity index (χ2v) is 7.71. The van der Waals surface area contributed by atoms with E-state index in [1.807, 2.05) is 39.5 Å². The zero-order valence-corrected chi connectivity index (χ0v) is 17.0. The third kappa shape index (κ3) is 4.28. The van der Waals surface area contributed by atoms with E-state index < -0.39 is 0 Å². The Bertz CT molecular complexity index is 888. The molecular formula is C21H29N5O3. The van der Waals surface area contributed by atoms with Crippen molar-refractivity contribution in [1.82, 2.24) is 24.5 Å². The van der Waals surface area contributed by atoms with Crippen molar-refractivity contribution >= 4 is 17.5 Å². The van der Waals surface area contributed by atoms with Crippen LogP contribution in [0.25, 0.3) is 5.65 Å². The van der Waals surface area contributed by atoms with Crippen LogP contribution in [0.15, 0.2) is 18.3 Å². The third-order valence-electron chi connectivity index (χ3n) is 5.72. The minimum atomic E-state index is -0.0422. The predicted octanol–water partition coefficient (Wildman–Crippen LogP) is 1.22. The Morgan fingerprint density at radius 2 is 2.07 bits per heavy atom. The molecule has 1 N–H and O–H groups in total. The Morgan fingerprint density at radius 3 is 2.86 bits per heavy atom. The van der Waals surface area contributed by atoms with Gasteiger partial charge in [0.05, 0.1) is 18.9 Å². The quantitative estimate of drug-likeness (QED) is 0.739. The van der Waals surface area contributed by atoms with Gasteiger partial charge in [-0.25, -0.2) is 4.98 Å². The van der Waals surface area contributed by atoms with Crippen molar-refractivity contribution in [2.45, 2.75) is 32.7 Å². The largest absolute Gasteiger partial charge is 0.378 e. The Balaban J connectivity index is 1.49. The molecule has 0 spiro atoms. The van der Waals surface area contributed by atoms with Crippen LogP contribution in [0.1, 0.15) is 41.0 Å². The molecule has 0 saturated carbocycles. The summed E-state index contributed by atoms with van der Waals surface area (Å²) < 4.78 is 7.38. The maximum atomic E-state index is 13.1. The number of pyridine rings is 1. The normalized spacial score (nSPS) is 17.9. The number of amides is 2. The summed E-state index contributed by atoms with van der Waals surface area (Å²) in [6, 6.07) is 3.98. The van der Waals surface area contributed by atoms with Gasteiger partial charge in [0.15, 0.2) is 5.69 Å². The second kappa shape index (κ2) is 8.92. The number of aromatic nitrogens is 2. The van der Waals surface area contributed by atoms with Crippen LogP contribution in [0.2, 0.25) is 0 Å². The number of imidazole rings is 1. The van der Waals surface area contributed by atoms with Gasteiger partial charge in [-0.2, -0.15) is 0 Å². The van der Waals surface area contributed by atoms with Crippen molar-refractivity contribution < 1.29 is 14.3 Å². The standard InChI is InChI=1S/C21H29N5O3/c1-16-5-4-9-26-17(15-22-7-10-24-8-3-2-6-18(24)27)19(23-20(16)26)21(28)25-11-13-29-14-12-25/h4-5,9,22H,2-3,6-8,10-15H2,1H3. The Labute approximate surface area is 170 Å². The molecule has 2 fully saturated rings. The highest BCUT2D eigenvalue weighted by atomic mass is 16.5. The van der Waals surface area contributed by atoms with E-state index in [2.05, 4.69) is 5.32 Å². The molecule has 0 aromatic carbocycles. The molecule has 2 aromatic rings. The van der Waals surface area contributed by atoms with Crippen molar-refractivity contribution in [3.8, 4) is 0 Å². The van der Waals surface area contributed by atoms with Crippen LogP contribution in [-0.4, -0.2) is 76.9 Å². The lowest BCUT2D eigenvalue weighted by molar-refractivity contribution is -0.133. The number of nitrogens with zero attached hydrogens (tertiary/aromatic N) is 4. The summed E-state index contributed by atoms with van der Waals surface area (Å²) in [4.78, 5) is 33.5. The average Bonchev–Trinajstić information content (AvgIpc) is 3.12. The van der Waals surface area contributed by atoms with Crippen molar-refractivity contribution in [3.05, 3.63) is 35.3 Å². The van der Waals surface area contributed by atoms with Gasteiger partial charge < -0.3 is 24.3 Å². The lowest BCUT2D eigenvalue weighted by Crippen LogP contribution is -2.41. The van der Waals surface area contributed by atoms with Gasteiger partial charge in [-0.15, -0.1) is 0 Å². The number of likely N-dealkylation sites (tertiary alicyclic amines) is 1. The first-order chi connectivity index (χ1) is 14.1. The van der Waals surface area contributed by atoms with Gasteiger partial charge in [0.2, 0.25) is 5.91 Å². The second-order valence-electron chi connectivity index (χ2n) is 7.71. The molecule has 0 unspecified atom stereocenters. The molecule has 2 amide bonds. The summed E-state index contributed by atoms with van der Waals surface area (Å²) in [5.41, 5.74) is 3.22. The summed E-state index contributed by atoms with van der Waals surface area (Å²) in [7, 11) is 0. The highest BCUT2D eigenvalue weighted by Crippen LogP contribution is 2.18. The van der Waals surface area contributed by atoms with E-state index in [0.717, 1.165) is 36.3 Å². The first-order valence-corrected chi connectivity index (χ1v) is 10.5. The van der Waals surface area contributed by atoms with Crippen LogP contribution < -0.4 is 5.32 Å². The van der Waals surface area contributed by atoms with Gasteiger partial charge in [-0.05, 0) is 31.4 Å². The third-order valence-corrected chi connectivity index (χ3v) is 5.72. The number of rotatable bonds is 6.